The number of nitrogens with zero attached hydrogens (tertiary/aromatic N) is 3. The monoisotopic (exact) mass is 253 g/mol. The number of hydrogen-bond acceptors (Lipinski definition) is 3. The molecule has 3 nitrogen and oxygen atoms in total. The van der Waals surface area contributed by atoms with E-state index >= 15 is 0 Å². The Morgan fingerprint density at radius 3 is 2.76 bits per heavy atom. The van der Waals surface area contributed by atoms with Gasteiger partial charge in [-0.2, -0.15) is 0 Å². The van der Waals surface area contributed by atoms with Crippen LogP contribution in [0.25, 0.3) is 0 Å². The van der Waals surface area contributed by atoms with Crippen molar-refractivity contribution in [1.29, 1.82) is 0 Å². The molecule has 0 amide bonds. The van der Waals surface area contributed by atoms with Gasteiger partial charge < -0.3 is 9.80 Å². The van der Waals surface area contributed by atoms with Crippen molar-refractivity contribution in [2.75, 3.05) is 32.1 Å². The van der Waals surface area contributed by atoms with Gasteiger partial charge in [0.15, 0.2) is 0 Å². The summed E-state index contributed by atoms with van der Waals surface area (Å²) in [5.74, 6) is 1.63. The third-order valence-electron chi connectivity index (χ3n) is 3.54. The fourth-order valence-corrected chi connectivity index (χ4v) is 2.55. The molecule has 1 unspecified atom stereocenters. The van der Waals surface area contributed by atoms with Crippen LogP contribution in [0.4, 0.5) is 5.82 Å². The van der Waals surface area contributed by atoms with E-state index < -0.39 is 0 Å². The normalized spacial score (nSPS) is 20.3. The van der Waals surface area contributed by atoms with Crippen LogP contribution in [0.1, 0.15) is 17.7 Å². The van der Waals surface area contributed by atoms with Crippen molar-refractivity contribution >= 4 is 17.4 Å². The third kappa shape index (κ3) is 2.72. The van der Waals surface area contributed by atoms with Crippen LogP contribution in [0.2, 0.25) is 0 Å². The fourth-order valence-electron chi connectivity index (χ4n) is 2.27. The van der Waals surface area contributed by atoms with E-state index in [1.807, 2.05) is 6.92 Å². The Balaban J connectivity index is 2.11. The van der Waals surface area contributed by atoms with E-state index in [1.54, 1.807) is 0 Å². The minimum Gasteiger partial charge on any atom is -0.355 e. The van der Waals surface area contributed by atoms with Gasteiger partial charge in [-0.25, -0.2) is 4.98 Å². The maximum Gasteiger partial charge on any atom is 0.128 e. The first-order valence-corrected chi connectivity index (χ1v) is 6.59. The summed E-state index contributed by atoms with van der Waals surface area (Å²) in [6.07, 6.45) is 1.21. The molecule has 1 aromatic heterocycles. The first kappa shape index (κ1) is 12.7. The van der Waals surface area contributed by atoms with Crippen molar-refractivity contribution in [3.05, 3.63) is 23.4 Å². The van der Waals surface area contributed by atoms with E-state index in [1.165, 1.54) is 6.42 Å². The molecule has 4 heteroatoms. The second kappa shape index (κ2) is 5.23. The number of anilines is 1. The average Bonchev–Trinajstić information content (AvgIpc) is 2.78. The Morgan fingerprint density at radius 2 is 2.24 bits per heavy atom. The molecule has 0 spiro atoms. The maximum absolute atomic E-state index is 5.85. The molecule has 1 aliphatic heterocycles. The zero-order valence-electron chi connectivity index (χ0n) is 10.8. The molecular formula is C13H20ClN3. The molecule has 2 heterocycles. The van der Waals surface area contributed by atoms with Crippen molar-refractivity contribution in [1.82, 2.24) is 9.88 Å². The van der Waals surface area contributed by atoms with Crippen molar-refractivity contribution in [3.63, 3.8) is 0 Å². The van der Waals surface area contributed by atoms with Gasteiger partial charge in [0.1, 0.15) is 5.82 Å². The summed E-state index contributed by atoms with van der Waals surface area (Å²) in [5.41, 5.74) is 2.17. The lowest BCUT2D eigenvalue weighted by atomic mass is 10.2. The summed E-state index contributed by atoms with van der Waals surface area (Å²) < 4.78 is 0. The van der Waals surface area contributed by atoms with E-state index in [-0.39, 0.29) is 0 Å². The molecule has 17 heavy (non-hydrogen) atoms. The zero-order chi connectivity index (χ0) is 12.4. The Labute approximate surface area is 108 Å². The standard InChI is InChI=1S/C13H20ClN3/c1-10-11(8-14)4-5-13(15-10)17-7-6-12(9-17)16(2)3/h4-5,12H,6-9H2,1-3H3. The van der Waals surface area contributed by atoms with Crippen molar-refractivity contribution in [3.8, 4) is 0 Å². The smallest absolute Gasteiger partial charge is 0.128 e. The molecule has 94 valence electrons. The summed E-state index contributed by atoms with van der Waals surface area (Å²) in [7, 11) is 4.28. The Kier molecular flexibility index (Phi) is 3.89. The summed E-state index contributed by atoms with van der Waals surface area (Å²) in [6, 6.07) is 4.82. The first-order valence-electron chi connectivity index (χ1n) is 6.05. The Hall–Kier alpha value is -0.800. The van der Waals surface area contributed by atoms with Gasteiger partial charge in [-0.3, -0.25) is 0 Å². The van der Waals surface area contributed by atoms with Gasteiger partial charge in [-0.05, 0) is 39.1 Å². The van der Waals surface area contributed by atoms with Crippen molar-refractivity contribution < 1.29 is 0 Å². The van der Waals surface area contributed by atoms with Gasteiger partial charge in [0.05, 0.1) is 0 Å². The first-order chi connectivity index (χ1) is 8.11. The second-order valence-corrected chi connectivity index (χ2v) is 5.17. The molecule has 2 rings (SSSR count). The lowest BCUT2D eigenvalue weighted by Gasteiger charge is -2.21. The highest BCUT2D eigenvalue weighted by Gasteiger charge is 2.24. The van der Waals surface area contributed by atoms with Crippen molar-refractivity contribution in [2.24, 2.45) is 0 Å². The van der Waals surface area contributed by atoms with Crippen LogP contribution in [0, 0.1) is 6.92 Å². The van der Waals surface area contributed by atoms with Crippen LogP contribution in [0.3, 0.4) is 0 Å². The lowest BCUT2D eigenvalue weighted by molar-refractivity contribution is 0.315. The van der Waals surface area contributed by atoms with E-state index in [2.05, 4.69) is 41.0 Å². The molecule has 0 aliphatic carbocycles. The number of rotatable bonds is 3. The third-order valence-corrected chi connectivity index (χ3v) is 3.83. The summed E-state index contributed by atoms with van der Waals surface area (Å²) in [5, 5.41) is 0. The molecule has 1 aliphatic rings. The highest BCUT2D eigenvalue weighted by molar-refractivity contribution is 6.17. The second-order valence-electron chi connectivity index (χ2n) is 4.90. The molecule has 1 fully saturated rings. The van der Waals surface area contributed by atoms with Crippen LogP contribution >= 0.6 is 11.6 Å². The molecule has 1 aromatic rings. The van der Waals surface area contributed by atoms with Gasteiger partial charge in [-0.15, -0.1) is 11.6 Å². The van der Waals surface area contributed by atoms with Crippen LogP contribution in [0.15, 0.2) is 12.1 Å². The van der Waals surface area contributed by atoms with Crippen LogP contribution in [-0.4, -0.2) is 43.1 Å². The molecule has 0 radical (unpaired) electrons. The van der Waals surface area contributed by atoms with Crippen LogP contribution in [0.5, 0.6) is 0 Å². The number of alkyl halides is 1. The topological polar surface area (TPSA) is 19.4 Å². The molecule has 0 N–H and O–H groups in total. The average molecular weight is 254 g/mol. The van der Waals surface area contributed by atoms with E-state index in [0.29, 0.717) is 11.9 Å². The minimum absolute atomic E-state index is 0.541. The largest absolute Gasteiger partial charge is 0.355 e. The Morgan fingerprint density at radius 1 is 1.47 bits per heavy atom. The molecule has 1 saturated heterocycles. The van der Waals surface area contributed by atoms with Crippen LogP contribution in [-0.2, 0) is 5.88 Å². The van der Waals surface area contributed by atoms with E-state index in [9.17, 15) is 0 Å². The summed E-state index contributed by atoms with van der Waals surface area (Å²) in [6.45, 7) is 4.19. The number of likely N-dealkylation sites (N-methyl/N-ethyl adjacent to an activating group) is 1. The van der Waals surface area contributed by atoms with Crippen LogP contribution < -0.4 is 4.90 Å². The summed E-state index contributed by atoms with van der Waals surface area (Å²) >= 11 is 5.85. The Bertz CT molecular complexity index is 392. The lowest BCUT2D eigenvalue weighted by Crippen LogP contribution is -2.31. The van der Waals surface area contributed by atoms with Gasteiger partial charge in [-0.1, -0.05) is 6.07 Å². The SMILES string of the molecule is Cc1nc(N2CCC(N(C)C)C2)ccc1CCl. The molecule has 0 aromatic carbocycles. The number of hydrogen-bond donors (Lipinski definition) is 0. The highest BCUT2D eigenvalue weighted by atomic mass is 35.5. The predicted octanol–water partition coefficient (Wildman–Crippen LogP) is 2.27. The number of aromatic nitrogens is 1. The molecule has 0 bridgehead atoms. The summed E-state index contributed by atoms with van der Waals surface area (Å²) in [4.78, 5) is 9.29. The molecule has 0 saturated carbocycles. The molecular weight excluding hydrogens is 234 g/mol. The van der Waals surface area contributed by atoms with Gasteiger partial charge in [0.25, 0.3) is 0 Å². The zero-order valence-corrected chi connectivity index (χ0v) is 11.5. The number of pyridine rings is 1. The van der Waals surface area contributed by atoms with E-state index in [0.717, 1.165) is 30.2 Å². The predicted molar refractivity (Wildman–Crippen MR) is 72.8 cm³/mol. The number of halogens is 1. The van der Waals surface area contributed by atoms with Gasteiger partial charge >= 0.3 is 0 Å². The maximum atomic E-state index is 5.85. The quantitative estimate of drug-likeness (QED) is 0.771. The number of aryl methyl sites for hydroxylation is 1. The highest BCUT2D eigenvalue weighted by Crippen LogP contribution is 2.22. The van der Waals surface area contributed by atoms with Gasteiger partial charge in [0, 0.05) is 30.7 Å². The van der Waals surface area contributed by atoms with Crippen molar-refractivity contribution in [2.45, 2.75) is 25.3 Å². The van der Waals surface area contributed by atoms with E-state index in [4.69, 9.17) is 11.6 Å². The fraction of sp³-hybridized carbons (Fsp3) is 0.615. The minimum atomic E-state index is 0.541. The van der Waals surface area contributed by atoms with Gasteiger partial charge in [0.2, 0.25) is 0 Å². The molecule has 1 atom stereocenters.